The number of hydrogen-bond donors (Lipinski definition) is 0. The fraction of sp³-hybridized carbons (Fsp3) is 0.846. The highest BCUT2D eigenvalue weighted by Gasteiger charge is 2.33. The maximum absolute atomic E-state index is 12.1. The normalized spacial score (nSPS) is 20.8. The second-order valence-electron chi connectivity index (χ2n) is 6.19. The van der Waals surface area contributed by atoms with E-state index in [4.69, 9.17) is 4.42 Å². The molecule has 0 spiro atoms. The van der Waals surface area contributed by atoms with Crippen LogP contribution in [0.5, 0.6) is 0 Å². The third kappa shape index (κ3) is 4.02. The van der Waals surface area contributed by atoms with Crippen LogP contribution in [0.25, 0.3) is 0 Å². The summed E-state index contributed by atoms with van der Waals surface area (Å²) in [6.45, 7) is 5.27. The zero-order valence-electron chi connectivity index (χ0n) is 13.1. The van der Waals surface area contributed by atoms with E-state index in [9.17, 15) is 8.42 Å². The average molecular weight is 316 g/mol. The molecule has 1 saturated heterocycles. The summed E-state index contributed by atoms with van der Waals surface area (Å²) in [6.07, 6.45) is 2.25. The van der Waals surface area contributed by atoms with Crippen LogP contribution in [0.4, 0.5) is 0 Å². The summed E-state index contributed by atoms with van der Waals surface area (Å²) in [7, 11) is -0.204. The average Bonchev–Trinajstić information content (AvgIpc) is 2.99. The lowest BCUT2D eigenvalue weighted by Gasteiger charge is -2.20. The summed E-state index contributed by atoms with van der Waals surface area (Å²) in [5, 5.41) is 8.10. The first-order valence-electron chi connectivity index (χ1n) is 7.28. The van der Waals surface area contributed by atoms with Crippen molar-refractivity contribution in [2.75, 3.05) is 27.2 Å². The number of nitrogens with zero attached hydrogens (tertiary/aromatic N) is 4. The van der Waals surface area contributed by atoms with E-state index in [1.807, 2.05) is 0 Å². The molecule has 7 nitrogen and oxygen atoms in total. The van der Waals surface area contributed by atoms with Gasteiger partial charge in [-0.05, 0) is 18.3 Å². The Balaban J connectivity index is 1.92. The molecule has 1 aromatic rings. The molecule has 2 rings (SSSR count). The summed E-state index contributed by atoms with van der Waals surface area (Å²) in [6, 6.07) is 0. The monoisotopic (exact) mass is 316 g/mol. The molecule has 0 saturated carbocycles. The van der Waals surface area contributed by atoms with Gasteiger partial charge in [0.1, 0.15) is 0 Å². The molecule has 21 heavy (non-hydrogen) atoms. The Morgan fingerprint density at radius 2 is 2.00 bits per heavy atom. The SMILES string of the molecule is CC(C)Cc1nnc(CC2CCN(S(=O)(=O)N(C)C)C2)o1. The molecule has 1 atom stereocenters. The molecule has 0 amide bonds. The Morgan fingerprint density at radius 3 is 2.62 bits per heavy atom. The Labute approximate surface area is 126 Å². The van der Waals surface area contributed by atoms with E-state index >= 15 is 0 Å². The maximum Gasteiger partial charge on any atom is 0.281 e. The van der Waals surface area contributed by atoms with Crippen LogP contribution in [0.2, 0.25) is 0 Å². The number of rotatable bonds is 6. The van der Waals surface area contributed by atoms with Crippen LogP contribution in [0, 0.1) is 11.8 Å². The molecule has 1 unspecified atom stereocenters. The van der Waals surface area contributed by atoms with Crippen molar-refractivity contribution < 1.29 is 12.8 Å². The van der Waals surface area contributed by atoms with Crippen LogP contribution < -0.4 is 0 Å². The van der Waals surface area contributed by atoms with Gasteiger partial charge in [-0.25, -0.2) is 0 Å². The van der Waals surface area contributed by atoms with Crippen LogP contribution in [-0.4, -0.2) is 54.4 Å². The van der Waals surface area contributed by atoms with Crippen molar-refractivity contribution in [2.24, 2.45) is 11.8 Å². The molecule has 120 valence electrons. The molecule has 1 aromatic heterocycles. The van der Waals surface area contributed by atoms with Gasteiger partial charge in [0.05, 0.1) is 0 Å². The smallest absolute Gasteiger partial charge is 0.281 e. The topological polar surface area (TPSA) is 79.5 Å². The van der Waals surface area contributed by atoms with Gasteiger partial charge in [0.25, 0.3) is 10.2 Å². The van der Waals surface area contributed by atoms with Gasteiger partial charge < -0.3 is 4.42 Å². The van der Waals surface area contributed by atoms with Crippen molar-refractivity contribution in [3.05, 3.63) is 11.8 Å². The van der Waals surface area contributed by atoms with Crippen LogP contribution in [0.15, 0.2) is 4.42 Å². The van der Waals surface area contributed by atoms with Crippen molar-refractivity contribution >= 4 is 10.2 Å². The van der Waals surface area contributed by atoms with E-state index in [-0.39, 0.29) is 5.92 Å². The largest absolute Gasteiger partial charge is 0.425 e. The van der Waals surface area contributed by atoms with Crippen LogP contribution >= 0.6 is 0 Å². The van der Waals surface area contributed by atoms with E-state index in [1.165, 1.54) is 8.61 Å². The summed E-state index contributed by atoms with van der Waals surface area (Å²) >= 11 is 0. The molecule has 0 N–H and O–H groups in total. The highest BCUT2D eigenvalue weighted by atomic mass is 32.2. The van der Waals surface area contributed by atoms with Gasteiger partial charge in [-0.1, -0.05) is 13.8 Å². The lowest BCUT2D eigenvalue weighted by molar-refractivity contribution is 0.382. The van der Waals surface area contributed by atoms with E-state index in [0.29, 0.717) is 37.2 Å². The maximum atomic E-state index is 12.1. The summed E-state index contributed by atoms with van der Waals surface area (Å²) in [5.74, 6) is 1.99. The van der Waals surface area contributed by atoms with Crippen molar-refractivity contribution in [1.29, 1.82) is 0 Å². The molecule has 0 bridgehead atoms. The first kappa shape index (κ1) is 16.4. The van der Waals surface area contributed by atoms with Gasteiger partial charge in [0, 0.05) is 40.0 Å². The minimum Gasteiger partial charge on any atom is -0.425 e. The van der Waals surface area contributed by atoms with E-state index in [1.54, 1.807) is 14.1 Å². The highest BCUT2D eigenvalue weighted by molar-refractivity contribution is 7.86. The standard InChI is InChI=1S/C13H24N4O3S/c1-10(2)7-12-14-15-13(20-12)8-11-5-6-17(9-11)21(18,19)16(3)4/h10-11H,5-9H2,1-4H3. The third-order valence-corrected chi connectivity index (χ3v) is 5.50. The number of aromatic nitrogens is 2. The zero-order chi connectivity index (χ0) is 15.6. The Morgan fingerprint density at radius 1 is 1.33 bits per heavy atom. The Hall–Kier alpha value is -0.990. The van der Waals surface area contributed by atoms with Crippen molar-refractivity contribution in [3.63, 3.8) is 0 Å². The molecule has 1 fully saturated rings. The minimum absolute atomic E-state index is 0.243. The van der Waals surface area contributed by atoms with Crippen molar-refractivity contribution in [3.8, 4) is 0 Å². The third-order valence-electron chi connectivity index (χ3n) is 3.59. The summed E-state index contributed by atoms with van der Waals surface area (Å²) in [5.41, 5.74) is 0. The summed E-state index contributed by atoms with van der Waals surface area (Å²) in [4.78, 5) is 0. The van der Waals surface area contributed by atoms with Crippen molar-refractivity contribution in [1.82, 2.24) is 18.8 Å². The fourth-order valence-electron chi connectivity index (χ4n) is 2.45. The van der Waals surface area contributed by atoms with E-state index in [2.05, 4.69) is 24.0 Å². The van der Waals surface area contributed by atoms with Gasteiger partial charge in [0.2, 0.25) is 11.8 Å². The van der Waals surface area contributed by atoms with Gasteiger partial charge in [-0.2, -0.15) is 17.0 Å². The predicted octanol–water partition coefficient (Wildman–Crippen LogP) is 0.939. The molecule has 0 radical (unpaired) electrons. The number of hydrogen-bond acceptors (Lipinski definition) is 5. The lowest BCUT2D eigenvalue weighted by atomic mass is 10.1. The minimum atomic E-state index is -3.31. The molecule has 0 aliphatic carbocycles. The summed E-state index contributed by atoms with van der Waals surface area (Å²) < 4.78 is 32.5. The Bertz CT molecular complexity index is 568. The van der Waals surface area contributed by atoms with Gasteiger partial charge in [-0.3, -0.25) is 0 Å². The molecular weight excluding hydrogens is 292 g/mol. The van der Waals surface area contributed by atoms with E-state index < -0.39 is 10.2 Å². The van der Waals surface area contributed by atoms with E-state index in [0.717, 1.165) is 12.8 Å². The first-order valence-corrected chi connectivity index (χ1v) is 8.67. The zero-order valence-corrected chi connectivity index (χ0v) is 13.9. The van der Waals surface area contributed by atoms with Crippen LogP contribution in [0.1, 0.15) is 32.0 Å². The molecular formula is C13H24N4O3S. The molecule has 1 aliphatic rings. The second kappa shape index (κ2) is 6.41. The van der Waals surface area contributed by atoms with Crippen molar-refractivity contribution in [2.45, 2.75) is 33.1 Å². The lowest BCUT2D eigenvalue weighted by Crippen LogP contribution is -2.38. The van der Waals surface area contributed by atoms with Crippen LogP contribution in [0.3, 0.4) is 0 Å². The van der Waals surface area contributed by atoms with Gasteiger partial charge >= 0.3 is 0 Å². The van der Waals surface area contributed by atoms with Gasteiger partial charge in [0.15, 0.2) is 0 Å². The molecule has 0 aromatic carbocycles. The van der Waals surface area contributed by atoms with Gasteiger partial charge in [-0.15, -0.1) is 10.2 Å². The Kier molecular flexibility index (Phi) is 5.00. The molecule has 1 aliphatic heterocycles. The molecule has 8 heteroatoms. The fourth-order valence-corrected chi connectivity index (χ4v) is 3.65. The first-order chi connectivity index (χ1) is 9.79. The predicted molar refractivity (Wildman–Crippen MR) is 78.8 cm³/mol. The highest BCUT2D eigenvalue weighted by Crippen LogP contribution is 2.23. The van der Waals surface area contributed by atoms with Crippen LogP contribution in [-0.2, 0) is 23.1 Å². The quantitative estimate of drug-likeness (QED) is 0.780. The molecule has 2 heterocycles. The second-order valence-corrected chi connectivity index (χ2v) is 8.34.